The fourth-order valence-electron chi connectivity index (χ4n) is 3.08. The maximum absolute atomic E-state index is 12.3. The van der Waals surface area contributed by atoms with Crippen LogP contribution in [0.15, 0.2) is 24.3 Å². The number of amides is 2. The molecule has 2 amide bonds. The van der Waals surface area contributed by atoms with E-state index in [0.29, 0.717) is 12.6 Å². The van der Waals surface area contributed by atoms with Gasteiger partial charge in [0.05, 0.1) is 13.2 Å². The SMILES string of the molecule is COC(=O)NC(C(=O)NCc1ccc(OC2CCCCC2)cc1)C(C)C. The molecule has 0 bridgehead atoms. The molecule has 0 saturated heterocycles. The Kier molecular flexibility index (Phi) is 7.75. The predicted octanol–water partition coefficient (Wildman–Crippen LogP) is 3.39. The molecule has 1 aliphatic rings. The van der Waals surface area contributed by atoms with Gasteiger partial charge in [0.25, 0.3) is 0 Å². The molecule has 1 fully saturated rings. The minimum atomic E-state index is -0.628. The summed E-state index contributed by atoms with van der Waals surface area (Å²) < 4.78 is 10.6. The van der Waals surface area contributed by atoms with E-state index in [1.807, 2.05) is 38.1 Å². The van der Waals surface area contributed by atoms with Crippen LogP contribution in [0.2, 0.25) is 0 Å². The minimum absolute atomic E-state index is 0.0413. The first kappa shape index (κ1) is 20.1. The molecular weight excluding hydrogens is 332 g/mol. The molecule has 0 heterocycles. The van der Waals surface area contributed by atoms with Gasteiger partial charge in [0.15, 0.2) is 0 Å². The smallest absolute Gasteiger partial charge is 0.407 e. The minimum Gasteiger partial charge on any atom is -0.490 e. The summed E-state index contributed by atoms with van der Waals surface area (Å²) in [7, 11) is 1.28. The number of ether oxygens (including phenoxy) is 2. The van der Waals surface area contributed by atoms with Gasteiger partial charge in [0.2, 0.25) is 5.91 Å². The zero-order valence-corrected chi connectivity index (χ0v) is 15.9. The number of benzene rings is 1. The Morgan fingerprint density at radius 1 is 1.12 bits per heavy atom. The Balaban J connectivity index is 1.83. The molecule has 0 radical (unpaired) electrons. The van der Waals surface area contributed by atoms with Gasteiger partial charge in [0, 0.05) is 6.54 Å². The first-order valence-corrected chi connectivity index (χ1v) is 9.37. The molecule has 144 valence electrons. The molecule has 0 aromatic heterocycles. The second kappa shape index (κ2) is 10.0. The summed E-state index contributed by atoms with van der Waals surface area (Å²) in [6, 6.07) is 7.18. The molecule has 2 N–H and O–H groups in total. The van der Waals surface area contributed by atoms with Crippen molar-refractivity contribution >= 4 is 12.0 Å². The summed E-state index contributed by atoms with van der Waals surface area (Å²) in [6.07, 6.45) is 5.76. The van der Waals surface area contributed by atoms with Crippen LogP contribution in [0.3, 0.4) is 0 Å². The summed E-state index contributed by atoms with van der Waals surface area (Å²) in [4.78, 5) is 23.7. The van der Waals surface area contributed by atoms with Crippen molar-refractivity contribution in [2.24, 2.45) is 5.92 Å². The van der Waals surface area contributed by atoms with Crippen LogP contribution in [0.4, 0.5) is 4.79 Å². The van der Waals surface area contributed by atoms with Crippen LogP contribution in [0.1, 0.15) is 51.5 Å². The zero-order chi connectivity index (χ0) is 18.9. The monoisotopic (exact) mass is 362 g/mol. The van der Waals surface area contributed by atoms with Gasteiger partial charge in [-0.2, -0.15) is 0 Å². The van der Waals surface area contributed by atoms with Crippen LogP contribution >= 0.6 is 0 Å². The number of methoxy groups -OCH3 is 1. The van der Waals surface area contributed by atoms with Gasteiger partial charge in [-0.25, -0.2) is 4.79 Å². The average Bonchev–Trinajstić information content (AvgIpc) is 2.65. The van der Waals surface area contributed by atoms with Crippen molar-refractivity contribution in [3.05, 3.63) is 29.8 Å². The predicted molar refractivity (Wildman–Crippen MR) is 100.0 cm³/mol. The fourth-order valence-corrected chi connectivity index (χ4v) is 3.08. The summed E-state index contributed by atoms with van der Waals surface area (Å²) in [5, 5.41) is 5.42. The highest BCUT2D eigenvalue weighted by Gasteiger charge is 2.24. The van der Waals surface area contributed by atoms with Gasteiger partial charge in [-0.05, 0) is 49.3 Å². The van der Waals surface area contributed by atoms with Crippen molar-refractivity contribution in [1.82, 2.24) is 10.6 Å². The number of rotatable bonds is 7. The number of hydrogen-bond donors (Lipinski definition) is 2. The van der Waals surface area contributed by atoms with E-state index < -0.39 is 12.1 Å². The Hall–Kier alpha value is -2.24. The van der Waals surface area contributed by atoms with E-state index in [0.717, 1.165) is 24.2 Å². The second-order valence-electron chi connectivity index (χ2n) is 7.10. The Morgan fingerprint density at radius 2 is 1.77 bits per heavy atom. The molecule has 2 rings (SSSR count). The Labute approximate surface area is 155 Å². The number of hydrogen-bond acceptors (Lipinski definition) is 4. The molecule has 0 spiro atoms. The van der Waals surface area contributed by atoms with Crippen LogP contribution in [-0.2, 0) is 16.1 Å². The highest BCUT2D eigenvalue weighted by Crippen LogP contribution is 2.23. The number of carbonyl (C=O) groups is 2. The van der Waals surface area contributed by atoms with Crippen LogP contribution < -0.4 is 15.4 Å². The summed E-state index contributed by atoms with van der Waals surface area (Å²) in [6.45, 7) is 4.14. The van der Waals surface area contributed by atoms with Crippen LogP contribution in [0, 0.1) is 5.92 Å². The molecule has 6 heteroatoms. The van der Waals surface area contributed by atoms with Gasteiger partial charge in [-0.1, -0.05) is 32.4 Å². The maximum atomic E-state index is 12.3. The standard InChI is InChI=1S/C20H30N2O4/c1-14(2)18(22-20(24)25-3)19(23)21-13-15-9-11-17(12-10-15)26-16-7-5-4-6-8-16/h9-12,14,16,18H,4-8,13H2,1-3H3,(H,21,23)(H,22,24). The summed E-state index contributed by atoms with van der Waals surface area (Å²) in [5.74, 6) is 0.604. The molecule has 1 saturated carbocycles. The molecule has 0 aliphatic heterocycles. The lowest BCUT2D eigenvalue weighted by Gasteiger charge is -2.23. The second-order valence-corrected chi connectivity index (χ2v) is 7.10. The van der Waals surface area contributed by atoms with Gasteiger partial charge in [0.1, 0.15) is 11.8 Å². The summed E-state index contributed by atoms with van der Waals surface area (Å²) >= 11 is 0. The van der Waals surface area contributed by atoms with Crippen molar-refractivity contribution < 1.29 is 19.1 Å². The number of carbonyl (C=O) groups excluding carboxylic acids is 2. The summed E-state index contributed by atoms with van der Waals surface area (Å²) in [5.41, 5.74) is 0.981. The first-order valence-electron chi connectivity index (χ1n) is 9.37. The van der Waals surface area contributed by atoms with Crippen molar-refractivity contribution in [2.75, 3.05) is 7.11 Å². The molecule has 1 aromatic rings. The van der Waals surface area contributed by atoms with E-state index in [1.54, 1.807) is 0 Å². The van der Waals surface area contributed by atoms with Crippen LogP contribution in [-0.4, -0.2) is 31.3 Å². The number of nitrogens with one attached hydrogen (secondary N) is 2. The van der Waals surface area contributed by atoms with Crippen molar-refractivity contribution in [3.63, 3.8) is 0 Å². The van der Waals surface area contributed by atoms with E-state index in [1.165, 1.54) is 26.4 Å². The van der Waals surface area contributed by atoms with Crippen molar-refractivity contribution in [1.29, 1.82) is 0 Å². The molecule has 1 unspecified atom stereocenters. The van der Waals surface area contributed by atoms with Gasteiger partial charge >= 0.3 is 6.09 Å². The van der Waals surface area contributed by atoms with E-state index in [-0.39, 0.29) is 11.8 Å². The Bertz CT molecular complexity index is 580. The third kappa shape index (κ3) is 6.24. The Morgan fingerprint density at radius 3 is 2.35 bits per heavy atom. The third-order valence-corrected chi connectivity index (χ3v) is 4.65. The quantitative estimate of drug-likeness (QED) is 0.779. The molecule has 6 nitrogen and oxygen atoms in total. The lowest BCUT2D eigenvalue weighted by molar-refractivity contribution is -0.124. The van der Waals surface area contributed by atoms with Crippen molar-refractivity contribution in [3.8, 4) is 5.75 Å². The fraction of sp³-hybridized carbons (Fsp3) is 0.600. The van der Waals surface area contributed by atoms with E-state index >= 15 is 0 Å². The van der Waals surface area contributed by atoms with Crippen LogP contribution in [0.5, 0.6) is 5.75 Å². The largest absolute Gasteiger partial charge is 0.490 e. The molecule has 1 aromatic carbocycles. The van der Waals surface area contributed by atoms with Crippen molar-refractivity contribution in [2.45, 2.75) is 64.6 Å². The molecule has 1 atom stereocenters. The van der Waals surface area contributed by atoms with Gasteiger partial charge in [-0.3, -0.25) is 4.79 Å². The molecule has 1 aliphatic carbocycles. The first-order chi connectivity index (χ1) is 12.5. The lowest BCUT2D eigenvalue weighted by atomic mass is 9.98. The maximum Gasteiger partial charge on any atom is 0.407 e. The van der Waals surface area contributed by atoms with E-state index in [4.69, 9.17) is 4.74 Å². The topological polar surface area (TPSA) is 76.7 Å². The number of alkyl carbamates (subject to hydrolysis) is 1. The normalized spacial score (nSPS) is 16.0. The van der Waals surface area contributed by atoms with E-state index in [2.05, 4.69) is 15.4 Å². The van der Waals surface area contributed by atoms with Gasteiger partial charge < -0.3 is 20.1 Å². The average molecular weight is 362 g/mol. The molecular formula is C20H30N2O4. The van der Waals surface area contributed by atoms with Gasteiger partial charge in [-0.15, -0.1) is 0 Å². The highest BCUT2D eigenvalue weighted by atomic mass is 16.5. The van der Waals surface area contributed by atoms with Crippen LogP contribution in [0.25, 0.3) is 0 Å². The zero-order valence-electron chi connectivity index (χ0n) is 15.9. The lowest BCUT2D eigenvalue weighted by Crippen LogP contribution is -2.49. The third-order valence-electron chi connectivity index (χ3n) is 4.65. The highest BCUT2D eigenvalue weighted by molar-refractivity contribution is 5.85. The molecule has 26 heavy (non-hydrogen) atoms. The van der Waals surface area contributed by atoms with E-state index in [9.17, 15) is 9.59 Å².